The Bertz CT molecular complexity index is 1090. The Labute approximate surface area is 161 Å². The maximum Gasteiger partial charge on any atom is 0.307 e. The number of nitrogens with zero attached hydrogens (tertiary/aromatic N) is 2. The predicted molar refractivity (Wildman–Crippen MR) is 105 cm³/mol. The maximum absolute atomic E-state index is 13.1. The lowest BCUT2D eigenvalue weighted by molar-refractivity contribution is -0.153. The van der Waals surface area contributed by atoms with Crippen molar-refractivity contribution in [2.24, 2.45) is 5.73 Å². The number of carbonyl (C=O) groups is 2. The Morgan fingerprint density at radius 1 is 1.14 bits per heavy atom. The average Bonchev–Trinajstić information content (AvgIpc) is 2.67. The van der Waals surface area contributed by atoms with Gasteiger partial charge in [-0.1, -0.05) is 29.8 Å². The van der Waals surface area contributed by atoms with Crippen molar-refractivity contribution in [3.63, 3.8) is 0 Å². The molecule has 0 radical (unpaired) electrons. The Morgan fingerprint density at radius 2 is 1.82 bits per heavy atom. The number of fused-ring (bicyclic) bond motifs is 1. The number of esters is 1. The third-order valence-electron chi connectivity index (χ3n) is 4.40. The van der Waals surface area contributed by atoms with Crippen LogP contribution in [0.4, 0.5) is 0 Å². The van der Waals surface area contributed by atoms with Crippen LogP contribution in [-0.4, -0.2) is 27.5 Å². The highest BCUT2D eigenvalue weighted by Crippen LogP contribution is 2.15. The number of benzene rings is 2. The molecule has 7 nitrogen and oxygen atoms in total. The van der Waals surface area contributed by atoms with Gasteiger partial charge in [-0.05, 0) is 38.1 Å². The zero-order chi connectivity index (χ0) is 20.3. The number of nitrogens with two attached hydrogens (primary N) is 1. The topological polar surface area (TPSA) is 104 Å². The Hall–Kier alpha value is -3.48. The van der Waals surface area contributed by atoms with Crippen molar-refractivity contribution >= 4 is 22.8 Å². The molecule has 0 saturated heterocycles. The minimum Gasteiger partial charge on any atom is -0.453 e. The number of aromatic nitrogens is 2. The number of hydrogen-bond donors (Lipinski definition) is 1. The molecule has 1 atom stereocenters. The van der Waals surface area contributed by atoms with Crippen LogP contribution in [0.25, 0.3) is 16.6 Å². The largest absolute Gasteiger partial charge is 0.453 e. The van der Waals surface area contributed by atoms with Gasteiger partial charge in [0.25, 0.3) is 11.5 Å². The number of rotatable bonds is 6. The molecule has 144 valence electrons. The van der Waals surface area contributed by atoms with Gasteiger partial charge in [0.05, 0.1) is 23.0 Å². The Morgan fingerprint density at radius 3 is 2.50 bits per heavy atom. The van der Waals surface area contributed by atoms with E-state index in [0.29, 0.717) is 22.4 Å². The molecule has 0 spiro atoms. The van der Waals surface area contributed by atoms with Gasteiger partial charge in [0.1, 0.15) is 5.82 Å². The second-order valence-corrected chi connectivity index (χ2v) is 6.56. The van der Waals surface area contributed by atoms with Crippen LogP contribution in [0, 0.1) is 6.92 Å². The lowest BCUT2D eigenvalue weighted by Crippen LogP contribution is -2.31. The molecule has 3 rings (SSSR count). The normalized spacial score (nSPS) is 11.9. The SMILES string of the molecule is Cc1ccc(-n2c(CCC(=O)O[C@@H](C)C(N)=O)nc3ccccc3c2=O)cc1. The van der Waals surface area contributed by atoms with Crippen molar-refractivity contribution in [1.82, 2.24) is 9.55 Å². The molecule has 1 amide bonds. The minimum atomic E-state index is -1.00. The number of carbonyl (C=O) groups excluding carboxylic acids is 2. The van der Waals surface area contributed by atoms with Crippen molar-refractivity contribution in [3.05, 3.63) is 70.3 Å². The van der Waals surface area contributed by atoms with Crippen LogP contribution in [0.5, 0.6) is 0 Å². The molecular weight excluding hydrogens is 358 g/mol. The van der Waals surface area contributed by atoms with E-state index in [2.05, 4.69) is 4.98 Å². The van der Waals surface area contributed by atoms with Crippen molar-refractivity contribution in [3.8, 4) is 5.69 Å². The molecule has 2 N–H and O–H groups in total. The van der Waals surface area contributed by atoms with Gasteiger partial charge in [-0.25, -0.2) is 4.98 Å². The number of hydrogen-bond acceptors (Lipinski definition) is 5. The summed E-state index contributed by atoms with van der Waals surface area (Å²) in [4.78, 5) is 40.8. The molecule has 0 bridgehead atoms. The van der Waals surface area contributed by atoms with Crippen LogP contribution in [0.2, 0.25) is 0 Å². The van der Waals surface area contributed by atoms with E-state index in [4.69, 9.17) is 10.5 Å². The molecule has 0 aliphatic heterocycles. The van der Waals surface area contributed by atoms with Crippen molar-refractivity contribution in [1.29, 1.82) is 0 Å². The first-order valence-electron chi connectivity index (χ1n) is 8.93. The van der Waals surface area contributed by atoms with E-state index < -0.39 is 18.0 Å². The first-order valence-corrected chi connectivity index (χ1v) is 8.93. The minimum absolute atomic E-state index is 0.0335. The van der Waals surface area contributed by atoms with E-state index in [1.165, 1.54) is 11.5 Å². The van der Waals surface area contributed by atoms with Gasteiger partial charge < -0.3 is 10.5 Å². The molecule has 2 aromatic carbocycles. The average molecular weight is 379 g/mol. The number of para-hydroxylation sites is 1. The molecule has 28 heavy (non-hydrogen) atoms. The van der Waals surface area contributed by atoms with E-state index in [1.54, 1.807) is 24.3 Å². The summed E-state index contributed by atoms with van der Waals surface area (Å²) < 4.78 is 6.49. The van der Waals surface area contributed by atoms with Crippen molar-refractivity contribution in [2.45, 2.75) is 32.8 Å². The van der Waals surface area contributed by atoms with Crippen LogP contribution in [0.1, 0.15) is 24.7 Å². The van der Waals surface area contributed by atoms with Crippen LogP contribution >= 0.6 is 0 Å². The summed E-state index contributed by atoms with van der Waals surface area (Å²) in [7, 11) is 0. The van der Waals surface area contributed by atoms with Crippen LogP contribution in [0.15, 0.2) is 53.3 Å². The van der Waals surface area contributed by atoms with Gasteiger partial charge in [0, 0.05) is 6.42 Å². The zero-order valence-corrected chi connectivity index (χ0v) is 15.7. The molecule has 7 heteroatoms. The van der Waals surface area contributed by atoms with Gasteiger partial charge in [0.2, 0.25) is 0 Å². The van der Waals surface area contributed by atoms with Gasteiger partial charge >= 0.3 is 5.97 Å². The van der Waals surface area contributed by atoms with Gasteiger partial charge in [-0.2, -0.15) is 0 Å². The molecule has 0 saturated carbocycles. The summed E-state index contributed by atoms with van der Waals surface area (Å²) in [6.07, 6.45) is -0.858. The molecule has 0 unspecified atom stereocenters. The summed E-state index contributed by atoms with van der Waals surface area (Å²) in [5.74, 6) is -0.853. The van der Waals surface area contributed by atoms with E-state index in [-0.39, 0.29) is 18.4 Å². The molecule has 3 aromatic rings. The molecular formula is C21H21N3O4. The fourth-order valence-corrected chi connectivity index (χ4v) is 2.83. The van der Waals surface area contributed by atoms with Gasteiger partial charge in [-0.3, -0.25) is 19.0 Å². The second kappa shape index (κ2) is 8.04. The predicted octanol–water partition coefficient (Wildman–Crippen LogP) is 2.04. The molecule has 0 fully saturated rings. The molecule has 0 aliphatic rings. The Balaban J connectivity index is 1.99. The zero-order valence-electron chi connectivity index (χ0n) is 15.7. The van der Waals surface area contributed by atoms with E-state index in [0.717, 1.165) is 5.56 Å². The van der Waals surface area contributed by atoms with Crippen LogP contribution < -0.4 is 11.3 Å². The lowest BCUT2D eigenvalue weighted by atomic mass is 10.2. The summed E-state index contributed by atoms with van der Waals surface area (Å²) >= 11 is 0. The quantitative estimate of drug-likeness (QED) is 0.660. The molecule has 0 aliphatic carbocycles. The standard InChI is InChI=1S/C21H21N3O4/c1-13-7-9-15(10-8-13)24-18(11-12-19(25)28-14(2)20(22)26)23-17-6-4-3-5-16(17)21(24)27/h3-10,14H,11-12H2,1-2H3,(H2,22,26)/t14-/m0/s1. The van der Waals surface area contributed by atoms with Crippen molar-refractivity contribution < 1.29 is 14.3 Å². The van der Waals surface area contributed by atoms with E-state index in [1.807, 2.05) is 31.2 Å². The highest BCUT2D eigenvalue weighted by molar-refractivity contribution is 5.82. The van der Waals surface area contributed by atoms with Crippen LogP contribution in [0.3, 0.4) is 0 Å². The highest BCUT2D eigenvalue weighted by Gasteiger charge is 2.17. The first kappa shape index (κ1) is 19.3. The van der Waals surface area contributed by atoms with E-state index in [9.17, 15) is 14.4 Å². The van der Waals surface area contributed by atoms with Gasteiger partial charge in [-0.15, -0.1) is 0 Å². The van der Waals surface area contributed by atoms with E-state index >= 15 is 0 Å². The fraction of sp³-hybridized carbons (Fsp3) is 0.238. The number of amides is 1. The summed E-state index contributed by atoms with van der Waals surface area (Å²) in [5, 5.41) is 0.497. The molecule has 1 heterocycles. The first-order chi connectivity index (χ1) is 13.4. The lowest BCUT2D eigenvalue weighted by Gasteiger charge is -2.14. The second-order valence-electron chi connectivity index (χ2n) is 6.56. The number of ether oxygens (including phenoxy) is 1. The summed E-state index contributed by atoms with van der Waals surface area (Å²) in [5.41, 5.74) is 7.20. The Kier molecular flexibility index (Phi) is 5.54. The van der Waals surface area contributed by atoms with Gasteiger partial charge in [0.15, 0.2) is 6.10 Å². The van der Waals surface area contributed by atoms with Crippen LogP contribution in [-0.2, 0) is 20.7 Å². The van der Waals surface area contributed by atoms with Crippen molar-refractivity contribution in [2.75, 3.05) is 0 Å². The summed E-state index contributed by atoms with van der Waals surface area (Å²) in [6.45, 7) is 3.37. The number of aryl methyl sites for hydroxylation is 2. The molecule has 1 aromatic heterocycles. The summed E-state index contributed by atoms with van der Waals surface area (Å²) in [6, 6.07) is 14.6. The third-order valence-corrected chi connectivity index (χ3v) is 4.40. The fourth-order valence-electron chi connectivity index (χ4n) is 2.83. The monoisotopic (exact) mass is 379 g/mol. The maximum atomic E-state index is 13.1. The number of primary amides is 1. The smallest absolute Gasteiger partial charge is 0.307 e. The highest BCUT2D eigenvalue weighted by atomic mass is 16.5. The third kappa shape index (κ3) is 4.09.